The van der Waals surface area contributed by atoms with E-state index in [9.17, 15) is 50.0 Å². The molecule has 22 nitrogen and oxygen atoms in total. The fraction of sp³-hybridized carbons (Fsp3) is 0.403. The number of fused-ring (bicyclic) bond motifs is 2. The molecule has 2 aromatic heterocycles. The Kier molecular flexibility index (Phi) is 29.4. The van der Waals surface area contributed by atoms with Crippen LogP contribution in [-0.2, 0) is 54.1 Å². The second-order valence-electron chi connectivity index (χ2n) is 24.3. The summed E-state index contributed by atoms with van der Waals surface area (Å²) in [7, 11) is 1.70. The van der Waals surface area contributed by atoms with E-state index in [1.54, 1.807) is 48.0 Å². The Morgan fingerprint density at radius 2 is 1.46 bits per heavy atom. The van der Waals surface area contributed by atoms with Crippen LogP contribution in [0.3, 0.4) is 0 Å². The molecule has 3 heterocycles. The average Bonchev–Trinajstić information content (AvgIpc) is 1.22. The first-order valence-corrected chi connectivity index (χ1v) is 36.6. The van der Waals surface area contributed by atoms with Crippen molar-refractivity contribution in [3.63, 3.8) is 0 Å². The second-order valence-corrected chi connectivity index (χ2v) is 27.4. The number of carbonyl (C=O) groups excluding carboxylic acids is 5. The lowest BCUT2D eigenvalue weighted by atomic mass is 9.89. The number of carbonyl (C=O) groups is 5. The summed E-state index contributed by atoms with van der Waals surface area (Å²) in [6, 6.07) is 28.8. The number of sulfonamides is 1. The van der Waals surface area contributed by atoms with E-state index in [1.807, 2.05) is 67.0 Å². The van der Waals surface area contributed by atoms with Crippen molar-refractivity contribution in [3.05, 3.63) is 178 Å². The van der Waals surface area contributed by atoms with Gasteiger partial charge in [-0.3, -0.25) is 28.7 Å². The van der Waals surface area contributed by atoms with Gasteiger partial charge in [-0.05, 0) is 122 Å². The van der Waals surface area contributed by atoms with Gasteiger partial charge in [-0.1, -0.05) is 67.8 Å². The third-order valence-corrected chi connectivity index (χ3v) is 18.1. The molecule has 0 unspecified atom stereocenters. The zero-order chi connectivity index (χ0) is 72.5. The highest BCUT2D eigenvalue weighted by Crippen LogP contribution is 2.43. The van der Waals surface area contributed by atoms with Crippen molar-refractivity contribution in [1.82, 2.24) is 50.3 Å². The number of unbranched alkanes of at least 4 members (excludes halogenated alkanes) is 6. The molecule has 1 aliphatic heterocycles. The van der Waals surface area contributed by atoms with Crippen molar-refractivity contribution >= 4 is 79.8 Å². The third-order valence-electron chi connectivity index (χ3n) is 16.2. The number of nitrogens with zero attached hydrogens (tertiary/aromatic N) is 6. The quantitative estimate of drug-likeness (QED) is 0.00601. The van der Waals surface area contributed by atoms with E-state index in [1.165, 1.54) is 48.2 Å². The zero-order valence-electron chi connectivity index (χ0n) is 57.1. The lowest BCUT2D eigenvalue weighted by Gasteiger charge is -2.22. The fourth-order valence-electron chi connectivity index (χ4n) is 10.9. The number of hydrogen-bond donors (Lipinski definition) is 5. The first-order valence-electron chi connectivity index (χ1n) is 33.2. The van der Waals surface area contributed by atoms with Crippen LogP contribution in [0, 0.1) is 5.82 Å². The summed E-state index contributed by atoms with van der Waals surface area (Å²) in [6.07, 6.45) is 4.99. The monoisotopic (exact) mass is 1450 g/mol. The molecule has 0 radical (unpaired) electrons. The highest BCUT2D eigenvalue weighted by molar-refractivity contribution is 7.98. The minimum absolute atomic E-state index is 0.0170. The Morgan fingerprint density at radius 3 is 2.18 bits per heavy atom. The number of pyridine rings is 1. The summed E-state index contributed by atoms with van der Waals surface area (Å²) in [5.74, 6) is -0.943. The molecule has 2 aliphatic rings. The first kappa shape index (κ1) is 77.8. The van der Waals surface area contributed by atoms with E-state index < -0.39 is 57.2 Å². The van der Waals surface area contributed by atoms with Crippen LogP contribution in [0.1, 0.15) is 136 Å². The number of alkyl carbamates (subject to hydrolysis) is 1. The van der Waals surface area contributed by atoms with Crippen LogP contribution in [0.25, 0.3) is 33.4 Å². The van der Waals surface area contributed by atoms with Gasteiger partial charge in [0.15, 0.2) is 11.0 Å². The number of anilines is 1. The van der Waals surface area contributed by atoms with Crippen LogP contribution >= 0.6 is 23.4 Å². The fourth-order valence-corrected chi connectivity index (χ4v) is 12.4. The Bertz CT molecular complexity index is 4270. The molecule has 540 valence electrons. The predicted octanol–water partition coefficient (Wildman–Crippen LogP) is 11.3. The smallest absolute Gasteiger partial charge is 0.417 e. The largest absolute Gasteiger partial charge is 0.456 e. The molecule has 0 saturated carbocycles. The maximum Gasteiger partial charge on any atom is 0.417 e. The van der Waals surface area contributed by atoms with E-state index in [4.69, 9.17) is 30.2 Å². The van der Waals surface area contributed by atoms with Crippen molar-refractivity contribution in [2.75, 3.05) is 90.8 Å². The lowest BCUT2D eigenvalue weighted by Crippen LogP contribution is -2.30. The summed E-state index contributed by atoms with van der Waals surface area (Å²) in [4.78, 5) is 72.9. The summed E-state index contributed by atoms with van der Waals surface area (Å²) < 4.78 is 109. The molecule has 5 amide bonds. The molecule has 101 heavy (non-hydrogen) atoms. The van der Waals surface area contributed by atoms with E-state index in [2.05, 4.69) is 41.2 Å². The number of rotatable bonds is 38. The number of thioether (sulfide) groups is 1. The Hall–Kier alpha value is -8.96. The summed E-state index contributed by atoms with van der Waals surface area (Å²) in [5, 5.41) is 21.8. The molecule has 1 atom stereocenters. The number of hydrogen-bond acceptors (Lipinski definition) is 16. The Morgan fingerprint density at radius 1 is 0.733 bits per heavy atom. The van der Waals surface area contributed by atoms with Gasteiger partial charge in [-0.2, -0.15) is 13.2 Å². The van der Waals surface area contributed by atoms with Crippen LogP contribution in [-0.4, -0.2) is 144 Å². The van der Waals surface area contributed by atoms with E-state index >= 15 is 0 Å². The van der Waals surface area contributed by atoms with Crippen molar-refractivity contribution < 1.29 is 68.6 Å². The number of benzene rings is 5. The number of nitrogens with one attached hydrogen (secondary N) is 5. The number of ether oxygens (including phenoxy) is 3. The molecule has 6 aromatic rings. The van der Waals surface area contributed by atoms with E-state index in [0.29, 0.717) is 114 Å². The molecular weight excluding hydrogens is 1370 g/mol. The highest BCUT2D eigenvalue weighted by Gasteiger charge is 2.36. The minimum Gasteiger partial charge on any atom is -0.456 e. The summed E-state index contributed by atoms with van der Waals surface area (Å²) >= 11 is 7.05. The number of aromatic nitrogens is 4. The van der Waals surface area contributed by atoms with Gasteiger partial charge >= 0.3 is 12.3 Å². The normalized spacial score (nSPS) is 11.9. The van der Waals surface area contributed by atoms with Crippen LogP contribution in [0.15, 0.2) is 131 Å². The van der Waals surface area contributed by atoms with Gasteiger partial charge in [0.1, 0.15) is 37.9 Å². The van der Waals surface area contributed by atoms with Crippen molar-refractivity contribution in [1.29, 1.82) is 0 Å². The molecule has 5 N–H and O–H groups in total. The third kappa shape index (κ3) is 23.8. The van der Waals surface area contributed by atoms with Crippen LogP contribution < -0.4 is 40.8 Å². The maximum atomic E-state index is 13.8. The van der Waals surface area contributed by atoms with Crippen molar-refractivity contribution in [2.24, 2.45) is 0 Å². The molecule has 8 rings (SSSR count). The van der Waals surface area contributed by atoms with E-state index in [0.717, 1.165) is 79.9 Å². The van der Waals surface area contributed by atoms with Gasteiger partial charge < -0.3 is 44.8 Å². The molecule has 0 fully saturated rings. The topological polar surface area (TPSA) is 270 Å². The summed E-state index contributed by atoms with van der Waals surface area (Å²) in [5.41, 5.74) is 3.26. The number of halogens is 5. The Labute approximate surface area is 593 Å². The molecule has 1 aliphatic carbocycles. The highest BCUT2D eigenvalue weighted by atomic mass is 35.5. The molecule has 0 spiro atoms. The zero-order valence-corrected chi connectivity index (χ0v) is 59.4. The van der Waals surface area contributed by atoms with Gasteiger partial charge in [0.25, 0.3) is 17.7 Å². The van der Waals surface area contributed by atoms with Gasteiger partial charge in [0.05, 0.1) is 61.6 Å². The molecule has 29 heteroatoms. The maximum absolute atomic E-state index is 13.8. The van der Waals surface area contributed by atoms with Crippen LogP contribution in [0.4, 0.5) is 28.0 Å². The van der Waals surface area contributed by atoms with Gasteiger partial charge in [-0.25, -0.2) is 26.9 Å². The Balaban J connectivity index is 0.781. The van der Waals surface area contributed by atoms with Gasteiger partial charge in [0.2, 0.25) is 21.3 Å². The standard InChI is InChI=1S/C72H84ClF4N11O11S2/c1-48(82-68(91)57-17-10-11-18-61(57)72(75,76)77)66-83-84-70(100-47-49-20-24-52(74)25-21-49)88(66)45-50-22-26-53(81-44-50)46-98-71(93)80-34-14-8-7-13-33-78-64(89)19-16-36-87(4)55-28-31-59-63(43-55)99-62-42-54(86(2)3)27-30-58(62)65(59)60-41-51(23-29-56(60)69(92)85-101(5,94)95)67(90)79-35-38-97-40-39-96-37-15-9-6-12-32-73/h10-11,17-18,20-31,41-44,48H,6-9,12-16,19,32-40,45-47H2,1-5H3,(H4-,78,79,80,82,85,89,90,91,92,93)/p+1/t48-/m0/s1. The van der Waals surface area contributed by atoms with Gasteiger partial charge in [-0.15, -0.1) is 21.8 Å². The number of amides is 5. The van der Waals surface area contributed by atoms with Crippen molar-refractivity contribution in [2.45, 2.75) is 107 Å². The summed E-state index contributed by atoms with van der Waals surface area (Å²) in [6.45, 7) is 4.86. The second kappa shape index (κ2) is 38.2. The minimum atomic E-state index is -4.75. The van der Waals surface area contributed by atoms with Crippen LogP contribution in [0.5, 0.6) is 0 Å². The van der Waals surface area contributed by atoms with Crippen LogP contribution in [0.2, 0.25) is 0 Å². The molecule has 0 saturated heterocycles. The number of alkyl halides is 4. The SMILES string of the molecule is C[C@H](NC(=O)c1ccccc1C(F)(F)F)c1nnc(SCc2ccc(F)cc2)n1Cc1ccc(COC(=O)NCCCCCCNC(=O)CCCN(C)c2ccc3c(-c4cc(C(=O)NCCOCCOCCCCCCCl)ccc4C(=O)NS(C)(=O)=O)c4ccc(=[N+](C)C)cc-4oc3c2)nc1. The lowest BCUT2D eigenvalue weighted by molar-refractivity contribution is -0.138. The molecule has 0 bridgehead atoms. The van der Waals surface area contributed by atoms with Crippen molar-refractivity contribution in [3.8, 4) is 22.5 Å². The molecule has 4 aromatic carbocycles. The molecular formula is C72H85ClF4N11O11S2+. The van der Waals surface area contributed by atoms with Gasteiger partial charge in [0, 0.05) is 110 Å². The average molecular weight is 1460 g/mol. The van der Waals surface area contributed by atoms with E-state index in [-0.39, 0.29) is 61.4 Å². The predicted molar refractivity (Wildman–Crippen MR) is 380 cm³/mol. The first-order chi connectivity index (χ1) is 48.5.